The molecule has 1 rings (SSSR count). The monoisotopic (exact) mass is 312 g/mol. The summed E-state index contributed by atoms with van der Waals surface area (Å²) in [5.74, 6) is -0.276. The molecule has 3 N–H and O–H groups in total. The first kappa shape index (κ1) is 17.7. The predicted molar refractivity (Wildman–Crippen MR) is 84.0 cm³/mol. The summed E-state index contributed by atoms with van der Waals surface area (Å²) in [5.41, 5.74) is -1.53. The number of carbonyl (C=O) groups is 2. The average Bonchev–Trinajstić information content (AvgIpc) is 2.89. The molecule has 0 saturated carbocycles. The van der Waals surface area contributed by atoms with Crippen molar-refractivity contribution in [2.75, 3.05) is 13.1 Å². The Morgan fingerprint density at radius 1 is 1.24 bits per heavy atom. The molecule has 1 aromatic rings. The van der Waals surface area contributed by atoms with Crippen molar-refractivity contribution < 1.29 is 14.7 Å². The summed E-state index contributed by atoms with van der Waals surface area (Å²) in [4.78, 5) is 24.2. The van der Waals surface area contributed by atoms with E-state index in [2.05, 4.69) is 10.6 Å². The fraction of sp³-hybridized carbons (Fsp3) is 0.600. The molecule has 0 bridgehead atoms. The van der Waals surface area contributed by atoms with Crippen molar-refractivity contribution in [1.29, 1.82) is 0 Å². The number of aliphatic hydroxyl groups is 1. The highest BCUT2D eigenvalue weighted by Crippen LogP contribution is 2.24. The fourth-order valence-electron chi connectivity index (χ4n) is 1.59. The molecule has 1 heterocycles. The quantitative estimate of drug-likeness (QED) is 0.747. The van der Waals surface area contributed by atoms with Gasteiger partial charge in [-0.15, -0.1) is 11.3 Å². The summed E-state index contributed by atoms with van der Waals surface area (Å²) < 4.78 is 0. The molecular formula is C15H24N2O3S. The van der Waals surface area contributed by atoms with Gasteiger partial charge in [-0.2, -0.15) is 0 Å². The highest BCUT2D eigenvalue weighted by Gasteiger charge is 2.25. The van der Waals surface area contributed by atoms with Crippen LogP contribution >= 0.6 is 11.3 Å². The van der Waals surface area contributed by atoms with Crippen molar-refractivity contribution in [3.05, 3.63) is 22.4 Å². The van der Waals surface area contributed by atoms with Gasteiger partial charge in [0.1, 0.15) is 5.60 Å². The van der Waals surface area contributed by atoms with E-state index in [0.29, 0.717) is 6.54 Å². The van der Waals surface area contributed by atoms with Crippen LogP contribution in [0.2, 0.25) is 0 Å². The molecular weight excluding hydrogens is 288 g/mol. The minimum atomic E-state index is -1.07. The number of carbonyl (C=O) groups excluding carboxylic acids is 2. The van der Waals surface area contributed by atoms with Gasteiger partial charge in [0.05, 0.1) is 6.54 Å². The first-order chi connectivity index (χ1) is 9.63. The second-order valence-electron chi connectivity index (χ2n) is 6.28. The number of hydrogen-bond acceptors (Lipinski definition) is 4. The maximum absolute atomic E-state index is 11.7. The Morgan fingerprint density at radius 2 is 1.90 bits per heavy atom. The van der Waals surface area contributed by atoms with E-state index in [0.717, 1.165) is 4.88 Å². The Morgan fingerprint density at radius 3 is 2.43 bits per heavy atom. The van der Waals surface area contributed by atoms with Gasteiger partial charge in [0.2, 0.25) is 11.8 Å². The zero-order valence-electron chi connectivity index (χ0n) is 13.0. The molecule has 0 aliphatic heterocycles. The standard InChI is InChI=1S/C15H24N2O3S/c1-14(2,3)13(19)16-8-7-12(18)17-10-15(4,20)11-6-5-9-21-11/h5-6,9,20H,7-8,10H2,1-4H3,(H,16,19)(H,17,18). The summed E-state index contributed by atoms with van der Waals surface area (Å²) in [6.07, 6.45) is 0.197. The lowest BCUT2D eigenvalue weighted by atomic mass is 9.96. The normalized spacial score (nSPS) is 14.3. The number of nitrogens with one attached hydrogen (secondary N) is 2. The molecule has 0 aliphatic rings. The van der Waals surface area contributed by atoms with Crippen molar-refractivity contribution in [1.82, 2.24) is 10.6 Å². The third-order valence-electron chi connectivity index (χ3n) is 3.00. The van der Waals surface area contributed by atoms with Gasteiger partial charge in [0.25, 0.3) is 0 Å². The number of thiophene rings is 1. The zero-order chi connectivity index (χ0) is 16.1. The maximum atomic E-state index is 11.7. The van der Waals surface area contributed by atoms with Gasteiger partial charge in [-0.3, -0.25) is 9.59 Å². The molecule has 21 heavy (non-hydrogen) atoms. The third-order valence-corrected chi connectivity index (χ3v) is 4.12. The molecule has 1 aromatic heterocycles. The third kappa shape index (κ3) is 5.85. The molecule has 118 valence electrons. The minimum Gasteiger partial charge on any atom is -0.383 e. The lowest BCUT2D eigenvalue weighted by molar-refractivity contribution is -0.128. The van der Waals surface area contributed by atoms with Crippen LogP contribution in [0.15, 0.2) is 17.5 Å². The molecule has 0 radical (unpaired) electrons. The van der Waals surface area contributed by atoms with Crippen LogP contribution in [-0.2, 0) is 15.2 Å². The number of rotatable bonds is 6. The second kappa shape index (κ2) is 7.04. The predicted octanol–water partition coefficient (Wildman–Crippen LogP) is 1.62. The van der Waals surface area contributed by atoms with E-state index < -0.39 is 11.0 Å². The highest BCUT2D eigenvalue weighted by molar-refractivity contribution is 7.10. The summed E-state index contributed by atoms with van der Waals surface area (Å²) in [7, 11) is 0. The number of amides is 2. The van der Waals surface area contributed by atoms with Gasteiger partial charge >= 0.3 is 0 Å². The molecule has 1 atom stereocenters. The SMILES string of the molecule is CC(C)(C)C(=O)NCCC(=O)NCC(C)(O)c1cccs1. The Hall–Kier alpha value is -1.40. The van der Waals surface area contributed by atoms with Gasteiger partial charge in [-0.25, -0.2) is 0 Å². The summed E-state index contributed by atoms with van der Waals surface area (Å²) in [6, 6.07) is 3.69. The van der Waals surface area contributed by atoms with Gasteiger partial charge < -0.3 is 15.7 Å². The van der Waals surface area contributed by atoms with E-state index >= 15 is 0 Å². The highest BCUT2D eigenvalue weighted by atomic mass is 32.1. The molecule has 5 nitrogen and oxygen atoms in total. The Balaban J connectivity index is 2.30. The van der Waals surface area contributed by atoms with E-state index in [1.165, 1.54) is 11.3 Å². The van der Waals surface area contributed by atoms with Crippen LogP contribution in [0.5, 0.6) is 0 Å². The first-order valence-corrected chi connectivity index (χ1v) is 7.82. The Bertz CT molecular complexity index is 476. The largest absolute Gasteiger partial charge is 0.383 e. The molecule has 0 aromatic carbocycles. The van der Waals surface area contributed by atoms with E-state index in [9.17, 15) is 14.7 Å². The van der Waals surface area contributed by atoms with Crippen molar-refractivity contribution >= 4 is 23.2 Å². The van der Waals surface area contributed by atoms with Crippen molar-refractivity contribution in [3.63, 3.8) is 0 Å². The van der Waals surface area contributed by atoms with Crippen molar-refractivity contribution in [2.24, 2.45) is 5.41 Å². The van der Waals surface area contributed by atoms with Crippen LogP contribution in [0.25, 0.3) is 0 Å². The summed E-state index contributed by atoms with van der Waals surface area (Å²) >= 11 is 1.45. The van der Waals surface area contributed by atoms with Crippen molar-refractivity contribution in [2.45, 2.75) is 39.7 Å². The van der Waals surface area contributed by atoms with Gasteiger partial charge in [-0.1, -0.05) is 26.8 Å². The van der Waals surface area contributed by atoms with Gasteiger partial charge in [0, 0.05) is 23.3 Å². The van der Waals surface area contributed by atoms with E-state index in [-0.39, 0.29) is 24.8 Å². The Kier molecular flexibility index (Phi) is 5.92. The summed E-state index contributed by atoms with van der Waals surface area (Å²) in [6.45, 7) is 7.57. The van der Waals surface area contributed by atoms with Gasteiger partial charge in [0.15, 0.2) is 0 Å². The average molecular weight is 312 g/mol. The first-order valence-electron chi connectivity index (χ1n) is 6.94. The van der Waals surface area contributed by atoms with Crippen LogP contribution in [0.1, 0.15) is 39.0 Å². The van der Waals surface area contributed by atoms with Crippen LogP contribution in [0, 0.1) is 5.41 Å². The van der Waals surface area contributed by atoms with E-state index in [4.69, 9.17) is 0 Å². The lowest BCUT2D eigenvalue weighted by Crippen LogP contribution is -2.40. The van der Waals surface area contributed by atoms with Crippen molar-refractivity contribution in [3.8, 4) is 0 Å². The maximum Gasteiger partial charge on any atom is 0.225 e. The smallest absolute Gasteiger partial charge is 0.225 e. The summed E-state index contributed by atoms with van der Waals surface area (Å²) in [5, 5.41) is 17.6. The molecule has 1 unspecified atom stereocenters. The van der Waals surface area contributed by atoms with Gasteiger partial charge in [-0.05, 0) is 18.4 Å². The molecule has 0 aliphatic carbocycles. The lowest BCUT2D eigenvalue weighted by Gasteiger charge is -2.22. The zero-order valence-corrected chi connectivity index (χ0v) is 13.8. The van der Waals surface area contributed by atoms with Crippen LogP contribution in [0.4, 0.5) is 0 Å². The van der Waals surface area contributed by atoms with Crippen LogP contribution in [-0.4, -0.2) is 30.0 Å². The van der Waals surface area contributed by atoms with E-state index in [1.807, 2.05) is 38.3 Å². The van der Waals surface area contributed by atoms with Crippen LogP contribution < -0.4 is 10.6 Å². The van der Waals surface area contributed by atoms with E-state index in [1.54, 1.807) is 6.92 Å². The Labute approximate surface area is 129 Å². The number of hydrogen-bond donors (Lipinski definition) is 3. The molecule has 0 saturated heterocycles. The molecule has 0 spiro atoms. The molecule has 6 heteroatoms. The molecule has 2 amide bonds. The fourth-order valence-corrected chi connectivity index (χ4v) is 2.37. The minimum absolute atomic E-state index is 0.0825. The second-order valence-corrected chi connectivity index (χ2v) is 7.23. The van der Waals surface area contributed by atoms with Crippen LogP contribution in [0.3, 0.4) is 0 Å². The molecule has 0 fully saturated rings. The topological polar surface area (TPSA) is 78.4 Å².